The van der Waals surface area contributed by atoms with Gasteiger partial charge in [-0.2, -0.15) is 8.42 Å². The molecule has 0 aliphatic carbocycles. The summed E-state index contributed by atoms with van der Waals surface area (Å²) in [6.07, 6.45) is 0. The van der Waals surface area contributed by atoms with Crippen LogP contribution >= 0.6 is 10.3 Å². The summed E-state index contributed by atoms with van der Waals surface area (Å²) in [5, 5.41) is 0. The van der Waals surface area contributed by atoms with Crippen molar-refractivity contribution in [2.75, 3.05) is 14.2 Å². The van der Waals surface area contributed by atoms with Gasteiger partial charge in [0.1, 0.15) is 11.5 Å². The second kappa shape index (κ2) is 9.93. The van der Waals surface area contributed by atoms with Crippen LogP contribution in [0.25, 0.3) is 0 Å². The second-order valence-electron chi connectivity index (χ2n) is 7.56. The van der Waals surface area contributed by atoms with Gasteiger partial charge < -0.3 is 9.47 Å². The molecule has 7 heteroatoms. The maximum absolute atomic E-state index is 13.6. The van der Waals surface area contributed by atoms with E-state index < -0.39 is 20.4 Å². The largest absolute Gasteiger partial charge is 0.497 e. The van der Waals surface area contributed by atoms with Gasteiger partial charge in [-0.1, -0.05) is 35.9 Å². The molecule has 0 amide bonds. The number of ether oxygens (including phenoxy) is 2. The summed E-state index contributed by atoms with van der Waals surface area (Å²) in [6, 6.07) is 30.7. The Morgan fingerprint density at radius 3 is 1.35 bits per heavy atom. The average Bonchev–Trinajstić information content (AvgIpc) is 2.88. The molecule has 4 rings (SSSR count). The third kappa shape index (κ3) is 4.68. The lowest BCUT2D eigenvalue weighted by Crippen LogP contribution is -2.14. The van der Waals surface area contributed by atoms with Gasteiger partial charge in [0.25, 0.3) is 0 Å². The van der Waals surface area contributed by atoms with Crippen molar-refractivity contribution < 1.29 is 21.5 Å². The van der Waals surface area contributed by atoms with Gasteiger partial charge in [-0.3, -0.25) is 0 Å². The van der Waals surface area contributed by atoms with Crippen LogP contribution in [0.15, 0.2) is 123 Å². The monoisotopic (exact) mass is 494 g/mol. The van der Waals surface area contributed by atoms with E-state index in [1.165, 1.54) is 12.1 Å². The molecule has 4 aromatic carbocycles. The molecule has 0 saturated heterocycles. The van der Waals surface area contributed by atoms with Gasteiger partial charge in [0.05, 0.1) is 19.1 Å². The SMILES string of the molecule is COc1ccc(S(OS(=O)(=O)c2ccccc2)(c2ccc(C)cc2)c2ccc(OC)cc2)cc1. The maximum Gasteiger partial charge on any atom is 0.307 e. The predicted molar refractivity (Wildman–Crippen MR) is 134 cm³/mol. The van der Waals surface area contributed by atoms with Crippen molar-refractivity contribution in [3.05, 3.63) is 109 Å². The lowest BCUT2D eigenvalue weighted by Gasteiger charge is -2.39. The molecule has 0 aromatic heterocycles. The second-order valence-corrected chi connectivity index (χ2v) is 12.0. The van der Waals surface area contributed by atoms with E-state index in [1.54, 1.807) is 32.4 Å². The van der Waals surface area contributed by atoms with Crippen LogP contribution in [-0.4, -0.2) is 22.6 Å². The first-order chi connectivity index (χ1) is 16.4. The molecule has 34 heavy (non-hydrogen) atoms. The van der Waals surface area contributed by atoms with Gasteiger partial charge in [0, 0.05) is 14.7 Å². The van der Waals surface area contributed by atoms with E-state index in [1.807, 2.05) is 79.7 Å². The number of rotatable bonds is 8. The number of methoxy groups -OCH3 is 2. The summed E-state index contributed by atoms with van der Waals surface area (Å²) in [7, 11) is -3.65. The Kier molecular flexibility index (Phi) is 6.97. The highest BCUT2D eigenvalue weighted by molar-refractivity contribution is 8.33. The molecule has 0 aliphatic rings. The highest BCUT2D eigenvalue weighted by Gasteiger charge is 2.38. The number of benzene rings is 4. The molecule has 0 saturated carbocycles. The van der Waals surface area contributed by atoms with Gasteiger partial charge in [-0.05, 0) is 90.0 Å². The highest BCUT2D eigenvalue weighted by atomic mass is 32.3. The fourth-order valence-electron chi connectivity index (χ4n) is 3.55. The minimum atomic E-state index is -4.13. The quantitative estimate of drug-likeness (QED) is 0.276. The van der Waals surface area contributed by atoms with Crippen LogP contribution in [-0.2, 0) is 13.7 Å². The summed E-state index contributed by atoms with van der Waals surface area (Å²) in [5.41, 5.74) is 1.06. The fraction of sp³-hybridized carbons (Fsp3) is 0.111. The Morgan fingerprint density at radius 2 is 0.941 bits per heavy atom. The van der Waals surface area contributed by atoms with Crippen molar-refractivity contribution in [3.8, 4) is 11.5 Å². The van der Waals surface area contributed by atoms with Gasteiger partial charge in [0.15, 0.2) is 0 Å². The zero-order valence-corrected chi connectivity index (χ0v) is 20.8. The molecule has 0 aliphatic heterocycles. The molecule has 4 aromatic rings. The highest BCUT2D eigenvalue weighted by Crippen LogP contribution is 2.70. The first kappa shape index (κ1) is 23.9. The molecule has 0 radical (unpaired) electrons. The molecule has 0 atom stereocenters. The lowest BCUT2D eigenvalue weighted by molar-refractivity contribution is 0.414. The summed E-state index contributed by atoms with van der Waals surface area (Å²) in [6.45, 7) is 1.99. The van der Waals surface area contributed by atoms with Crippen molar-refractivity contribution in [2.45, 2.75) is 26.5 Å². The maximum atomic E-state index is 13.6. The van der Waals surface area contributed by atoms with Crippen LogP contribution < -0.4 is 9.47 Å². The Hall–Kier alpha value is -3.26. The van der Waals surface area contributed by atoms with Gasteiger partial charge in [-0.25, -0.2) is 3.63 Å². The van der Waals surface area contributed by atoms with Crippen molar-refractivity contribution >= 4 is 20.4 Å². The minimum absolute atomic E-state index is 0.0982. The van der Waals surface area contributed by atoms with E-state index in [0.717, 1.165) is 20.2 Å². The van der Waals surface area contributed by atoms with E-state index in [4.69, 9.17) is 13.1 Å². The predicted octanol–water partition coefficient (Wildman–Crippen LogP) is 6.61. The van der Waals surface area contributed by atoms with Crippen molar-refractivity contribution in [1.29, 1.82) is 0 Å². The molecule has 0 bridgehead atoms. The molecular weight excluding hydrogens is 468 g/mol. The molecule has 0 spiro atoms. The Morgan fingerprint density at radius 1 is 0.529 bits per heavy atom. The smallest absolute Gasteiger partial charge is 0.307 e. The number of hydrogen-bond acceptors (Lipinski definition) is 5. The molecule has 176 valence electrons. The average molecular weight is 495 g/mol. The van der Waals surface area contributed by atoms with Crippen molar-refractivity contribution in [3.63, 3.8) is 0 Å². The first-order valence-electron chi connectivity index (χ1n) is 10.6. The Labute approximate surface area is 202 Å². The van der Waals surface area contributed by atoms with Crippen molar-refractivity contribution in [2.24, 2.45) is 0 Å². The third-order valence-electron chi connectivity index (χ3n) is 5.36. The number of hydrogen-bond donors (Lipinski definition) is 0. The molecule has 5 nitrogen and oxygen atoms in total. The van der Waals surface area contributed by atoms with Gasteiger partial charge >= 0.3 is 10.1 Å². The Bertz CT molecular complexity index is 1290. The van der Waals surface area contributed by atoms with Crippen LogP contribution in [0.2, 0.25) is 0 Å². The van der Waals surface area contributed by atoms with Crippen LogP contribution in [0, 0.1) is 6.92 Å². The molecular formula is C27H26O5S2. The van der Waals surface area contributed by atoms with Crippen LogP contribution in [0.3, 0.4) is 0 Å². The zero-order valence-electron chi connectivity index (χ0n) is 19.2. The van der Waals surface area contributed by atoms with E-state index >= 15 is 0 Å². The topological polar surface area (TPSA) is 61.8 Å². The van der Waals surface area contributed by atoms with Crippen LogP contribution in [0.4, 0.5) is 0 Å². The van der Waals surface area contributed by atoms with Gasteiger partial charge in [0.2, 0.25) is 0 Å². The van der Waals surface area contributed by atoms with Gasteiger partial charge in [-0.15, -0.1) is 0 Å². The van der Waals surface area contributed by atoms with E-state index in [2.05, 4.69) is 0 Å². The summed E-state index contributed by atoms with van der Waals surface area (Å²) < 4.78 is 44.3. The molecule has 0 unspecified atom stereocenters. The standard InChI is InChI=1S/C27H26O5S2/c1-21-9-15-24(16-10-21)33(25-17-11-22(30-2)12-18-25,26-19-13-23(31-3)14-20-26)32-34(28,29)27-7-5-4-6-8-27/h4-20H,1-3H3. The van der Waals surface area contributed by atoms with E-state index in [-0.39, 0.29) is 4.90 Å². The first-order valence-corrected chi connectivity index (χ1v) is 13.5. The third-order valence-corrected chi connectivity index (χ3v) is 10.5. The van der Waals surface area contributed by atoms with Crippen LogP contribution in [0.1, 0.15) is 5.56 Å². The summed E-state index contributed by atoms with van der Waals surface area (Å²) >= 11 is 0. The molecule has 0 heterocycles. The number of aryl methyl sites for hydroxylation is 1. The molecule has 0 N–H and O–H groups in total. The van der Waals surface area contributed by atoms with Crippen molar-refractivity contribution in [1.82, 2.24) is 0 Å². The molecule has 0 fully saturated rings. The van der Waals surface area contributed by atoms with E-state index in [0.29, 0.717) is 11.5 Å². The zero-order chi connectivity index (χ0) is 24.2. The minimum Gasteiger partial charge on any atom is -0.497 e. The normalized spacial score (nSPS) is 12.2. The van der Waals surface area contributed by atoms with E-state index in [9.17, 15) is 8.42 Å². The Balaban J connectivity index is 2.02. The summed E-state index contributed by atoms with van der Waals surface area (Å²) in [4.78, 5) is 2.30. The van der Waals surface area contributed by atoms with Crippen LogP contribution in [0.5, 0.6) is 11.5 Å². The lowest BCUT2D eigenvalue weighted by atomic mass is 10.2. The summed E-state index contributed by atoms with van der Waals surface area (Å²) in [5.74, 6) is 1.34. The fourth-order valence-corrected chi connectivity index (χ4v) is 8.75.